The van der Waals surface area contributed by atoms with E-state index in [1.54, 1.807) is 6.26 Å². The SMILES string of the molecule is C/C=C/OCC1(CC)CCS(=O)(=O)C1. The molecule has 1 aliphatic heterocycles. The van der Waals surface area contributed by atoms with E-state index in [4.69, 9.17) is 4.74 Å². The number of hydrogen-bond acceptors (Lipinski definition) is 3. The van der Waals surface area contributed by atoms with Crippen LogP contribution < -0.4 is 0 Å². The molecule has 3 nitrogen and oxygen atoms in total. The van der Waals surface area contributed by atoms with Crippen molar-refractivity contribution < 1.29 is 13.2 Å². The van der Waals surface area contributed by atoms with Gasteiger partial charge in [0.25, 0.3) is 0 Å². The molecule has 0 radical (unpaired) electrons. The molecular formula is C10H18O3S. The van der Waals surface area contributed by atoms with Crippen LogP contribution in [0.3, 0.4) is 0 Å². The number of hydrogen-bond donors (Lipinski definition) is 0. The zero-order valence-electron chi connectivity index (χ0n) is 8.82. The minimum Gasteiger partial charge on any atom is -0.501 e. The number of sulfone groups is 1. The zero-order chi connectivity index (χ0) is 10.7. The minimum absolute atomic E-state index is 0.141. The van der Waals surface area contributed by atoms with Gasteiger partial charge in [-0.1, -0.05) is 13.0 Å². The van der Waals surface area contributed by atoms with Crippen molar-refractivity contribution in [3.63, 3.8) is 0 Å². The molecule has 1 saturated heterocycles. The van der Waals surface area contributed by atoms with E-state index in [-0.39, 0.29) is 11.2 Å². The Bertz CT molecular complexity index is 305. The molecule has 1 atom stereocenters. The van der Waals surface area contributed by atoms with Crippen LogP contribution in [0.25, 0.3) is 0 Å². The van der Waals surface area contributed by atoms with Crippen LogP contribution in [0, 0.1) is 5.41 Å². The third-order valence-electron chi connectivity index (χ3n) is 2.84. The first kappa shape index (κ1) is 11.6. The van der Waals surface area contributed by atoms with Gasteiger partial charge >= 0.3 is 0 Å². The summed E-state index contributed by atoms with van der Waals surface area (Å²) in [6.07, 6.45) is 5.04. The molecule has 4 heteroatoms. The molecule has 1 aliphatic rings. The maximum atomic E-state index is 11.4. The molecule has 0 bridgehead atoms. The lowest BCUT2D eigenvalue weighted by Crippen LogP contribution is -2.26. The van der Waals surface area contributed by atoms with Gasteiger partial charge in [-0.3, -0.25) is 0 Å². The third-order valence-corrected chi connectivity index (χ3v) is 4.72. The lowest BCUT2D eigenvalue weighted by Gasteiger charge is -2.24. The van der Waals surface area contributed by atoms with Gasteiger partial charge in [-0.2, -0.15) is 0 Å². The Balaban J connectivity index is 2.61. The van der Waals surface area contributed by atoms with Crippen molar-refractivity contribution in [1.82, 2.24) is 0 Å². The van der Waals surface area contributed by atoms with E-state index in [1.807, 2.05) is 19.9 Å². The topological polar surface area (TPSA) is 43.4 Å². The molecule has 0 aliphatic carbocycles. The predicted molar refractivity (Wildman–Crippen MR) is 56.8 cm³/mol. The molecular weight excluding hydrogens is 200 g/mol. The maximum absolute atomic E-state index is 11.4. The summed E-state index contributed by atoms with van der Waals surface area (Å²) in [6, 6.07) is 0. The van der Waals surface area contributed by atoms with E-state index < -0.39 is 9.84 Å². The van der Waals surface area contributed by atoms with E-state index in [1.165, 1.54) is 0 Å². The Hall–Kier alpha value is -0.510. The highest BCUT2D eigenvalue weighted by atomic mass is 32.2. The van der Waals surface area contributed by atoms with Crippen LogP contribution in [0.4, 0.5) is 0 Å². The van der Waals surface area contributed by atoms with E-state index in [2.05, 4.69) is 0 Å². The fraction of sp³-hybridized carbons (Fsp3) is 0.800. The molecule has 1 fully saturated rings. The summed E-state index contributed by atoms with van der Waals surface area (Å²) in [5, 5.41) is 0. The molecule has 0 aromatic heterocycles. The number of rotatable bonds is 4. The van der Waals surface area contributed by atoms with Crippen LogP contribution in [-0.2, 0) is 14.6 Å². The van der Waals surface area contributed by atoms with Crippen LogP contribution >= 0.6 is 0 Å². The predicted octanol–water partition coefficient (Wildman–Crippen LogP) is 1.75. The molecule has 14 heavy (non-hydrogen) atoms. The Labute approximate surface area is 86.1 Å². The largest absolute Gasteiger partial charge is 0.501 e. The second-order valence-corrected chi connectivity index (χ2v) is 6.16. The standard InChI is InChI=1S/C10H18O3S/c1-3-6-13-8-10(4-2)5-7-14(11,12)9-10/h3,6H,4-5,7-9H2,1-2H3/b6-3+. The summed E-state index contributed by atoms with van der Waals surface area (Å²) in [6.45, 7) is 4.43. The van der Waals surface area contributed by atoms with Crippen molar-refractivity contribution in [3.8, 4) is 0 Å². The molecule has 1 unspecified atom stereocenters. The Morgan fingerprint density at radius 3 is 2.64 bits per heavy atom. The first-order chi connectivity index (χ1) is 6.54. The van der Waals surface area contributed by atoms with Crippen LogP contribution in [0.2, 0.25) is 0 Å². The number of allylic oxidation sites excluding steroid dienone is 1. The van der Waals surface area contributed by atoms with Gasteiger partial charge in [-0.05, 0) is 19.8 Å². The van der Waals surface area contributed by atoms with Gasteiger partial charge < -0.3 is 4.74 Å². The van der Waals surface area contributed by atoms with Gasteiger partial charge in [-0.25, -0.2) is 8.42 Å². The smallest absolute Gasteiger partial charge is 0.151 e. The molecule has 1 rings (SSSR count). The monoisotopic (exact) mass is 218 g/mol. The van der Waals surface area contributed by atoms with Crippen molar-refractivity contribution in [1.29, 1.82) is 0 Å². The van der Waals surface area contributed by atoms with E-state index in [9.17, 15) is 8.42 Å². The summed E-state index contributed by atoms with van der Waals surface area (Å²) in [5.41, 5.74) is -0.141. The fourth-order valence-corrected chi connectivity index (χ4v) is 4.05. The fourth-order valence-electron chi connectivity index (χ4n) is 1.80. The van der Waals surface area contributed by atoms with Gasteiger partial charge in [0.2, 0.25) is 0 Å². The van der Waals surface area contributed by atoms with E-state index >= 15 is 0 Å². The Morgan fingerprint density at radius 2 is 2.21 bits per heavy atom. The van der Waals surface area contributed by atoms with Crippen molar-refractivity contribution in [2.24, 2.45) is 5.41 Å². The third kappa shape index (κ3) is 2.74. The normalized spacial score (nSPS) is 31.0. The minimum atomic E-state index is -2.81. The van der Waals surface area contributed by atoms with Crippen LogP contribution in [-0.4, -0.2) is 26.5 Å². The zero-order valence-corrected chi connectivity index (χ0v) is 9.64. The van der Waals surface area contributed by atoms with Gasteiger partial charge in [0.1, 0.15) is 0 Å². The molecule has 0 aromatic rings. The second kappa shape index (κ2) is 4.34. The van der Waals surface area contributed by atoms with Crippen molar-refractivity contribution in [2.75, 3.05) is 18.1 Å². The summed E-state index contributed by atoms with van der Waals surface area (Å²) in [7, 11) is -2.81. The lowest BCUT2D eigenvalue weighted by atomic mass is 9.86. The summed E-state index contributed by atoms with van der Waals surface area (Å²) in [4.78, 5) is 0. The van der Waals surface area contributed by atoms with E-state index in [0.717, 1.165) is 12.8 Å². The van der Waals surface area contributed by atoms with Crippen LogP contribution in [0.15, 0.2) is 12.3 Å². The second-order valence-electron chi connectivity index (χ2n) is 3.98. The van der Waals surface area contributed by atoms with Crippen LogP contribution in [0.5, 0.6) is 0 Å². The molecule has 0 saturated carbocycles. The highest BCUT2D eigenvalue weighted by Gasteiger charge is 2.41. The Kier molecular flexibility index (Phi) is 3.59. The van der Waals surface area contributed by atoms with Crippen molar-refractivity contribution in [2.45, 2.75) is 26.7 Å². The summed E-state index contributed by atoms with van der Waals surface area (Å²) < 4.78 is 28.0. The van der Waals surface area contributed by atoms with Gasteiger partial charge in [0.05, 0.1) is 24.4 Å². The van der Waals surface area contributed by atoms with Crippen LogP contribution in [0.1, 0.15) is 26.7 Å². The molecule has 0 N–H and O–H groups in total. The Morgan fingerprint density at radius 1 is 1.50 bits per heavy atom. The molecule has 0 aromatic carbocycles. The maximum Gasteiger partial charge on any atom is 0.151 e. The van der Waals surface area contributed by atoms with Crippen molar-refractivity contribution in [3.05, 3.63) is 12.3 Å². The molecule has 1 heterocycles. The molecule has 0 amide bonds. The highest BCUT2D eigenvalue weighted by molar-refractivity contribution is 7.91. The van der Waals surface area contributed by atoms with Gasteiger partial charge in [-0.15, -0.1) is 0 Å². The lowest BCUT2D eigenvalue weighted by molar-refractivity contribution is 0.124. The van der Waals surface area contributed by atoms with Crippen molar-refractivity contribution >= 4 is 9.84 Å². The molecule has 82 valence electrons. The quantitative estimate of drug-likeness (QED) is 0.675. The van der Waals surface area contributed by atoms with Gasteiger partial charge in [0.15, 0.2) is 9.84 Å². The average molecular weight is 218 g/mol. The van der Waals surface area contributed by atoms with Gasteiger partial charge in [0, 0.05) is 5.41 Å². The number of ether oxygens (including phenoxy) is 1. The summed E-state index contributed by atoms with van der Waals surface area (Å²) in [5.74, 6) is 0.605. The summed E-state index contributed by atoms with van der Waals surface area (Å²) >= 11 is 0. The highest BCUT2D eigenvalue weighted by Crippen LogP contribution is 2.35. The van der Waals surface area contributed by atoms with E-state index in [0.29, 0.717) is 12.4 Å². The first-order valence-electron chi connectivity index (χ1n) is 4.97. The average Bonchev–Trinajstić information content (AvgIpc) is 2.44. The molecule has 0 spiro atoms. The first-order valence-corrected chi connectivity index (χ1v) is 6.79.